The maximum Gasteiger partial charge on any atom is 0.180 e. The first-order chi connectivity index (χ1) is 7.24. The number of carbonyl (C=O) groups excluding carboxylic acids is 1. The highest BCUT2D eigenvalue weighted by Gasteiger charge is 2.23. The summed E-state index contributed by atoms with van der Waals surface area (Å²) < 4.78 is 0. The highest BCUT2D eigenvalue weighted by atomic mass is 32.1. The van der Waals surface area contributed by atoms with E-state index in [0.29, 0.717) is 0 Å². The number of carbonyl (C=O) groups is 1. The van der Waals surface area contributed by atoms with Gasteiger partial charge in [0.1, 0.15) is 5.92 Å². The number of nitrogens with zero attached hydrogens (tertiary/aromatic N) is 1. The molecule has 0 radical (unpaired) electrons. The lowest BCUT2D eigenvalue weighted by Crippen LogP contribution is -2.12. The number of aryl methyl sites for hydroxylation is 1. The highest BCUT2D eigenvalue weighted by Crippen LogP contribution is 2.31. The largest absolute Gasteiger partial charge is 0.293 e. The molecule has 1 aliphatic carbocycles. The molecule has 1 unspecified atom stereocenters. The van der Waals surface area contributed by atoms with Gasteiger partial charge in [-0.1, -0.05) is 0 Å². The van der Waals surface area contributed by atoms with Crippen LogP contribution in [0.5, 0.6) is 0 Å². The zero-order valence-electron chi connectivity index (χ0n) is 8.75. The summed E-state index contributed by atoms with van der Waals surface area (Å²) in [7, 11) is 0. The van der Waals surface area contributed by atoms with Crippen LogP contribution in [0.2, 0.25) is 0 Å². The van der Waals surface area contributed by atoms with Gasteiger partial charge in [-0.25, -0.2) is 0 Å². The monoisotopic (exact) mass is 219 g/mol. The Bertz CT molecular complexity index is 427. The second-order valence-corrected chi connectivity index (χ2v) is 4.94. The van der Waals surface area contributed by atoms with Gasteiger partial charge in [-0.15, -0.1) is 11.3 Å². The zero-order chi connectivity index (χ0) is 10.8. The van der Waals surface area contributed by atoms with E-state index >= 15 is 0 Å². The van der Waals surface area contributed by atoms with Crippen LogP contribution in [0.15, 0.2) is 5.38 Å². The second-order valence-electron chi connectivity index (χ2n) is 3.97. The number of ketones is 1. The van der Waals surface area contributed by atoms with Gasteiger partial charge >= 0.3 is 0 Å². The van der Waals surface area contributed by atoms with E-state index < -0.39 is 5.92 Å². The van der Waals surface area contributed by atoms with E-state index in [-0.39, 0.29) is 5.78 Å². The molecule has 0 aromatic carbocycles. The van der Waals surface area contributed by atoms with Crippen molar-refractivity contribution in [1.29, 1.82) is 5.26 Å². The van der Waals surface area contributed by atoms with Crippen molar-refractivity contribution in [1.82, 2.24) is 0 Å². The van der Waals surface area contributed by atoms with Gasteiger partial charge in [-0.3, -0.25) is 4.79 Å². The molecule has 0 amide bonds. The van der Waals surface area contributed by atoms with Crippen LogP contribution in [0, 0.1) is 17.2 Å². The first-order valence-corrected chi connectivity index (χ1v) is 6.15. The first kappa shape index (κ1) is 10.4. The molecule has 0 saturated carbocycles. The number of rotatable bonds is 2. The molecule has 0 fully saturated rings. The highest BCUT2D eigenvalue weighted by molar-refractivity contribution is 7.10. The Morgan fingerprint density at radius 2 is 2.27 bits per heavy atom. The van der Waals surface area contributed by atoms with Crippen LogP contribution in [-0.4, -0.2) is 5.78 Å². The van der Waals surface area contributed by atoms with Gasteiger partial charge in [0.2, 0.25) is 0 Å². The average Bonchev–Trinajstić information content (AvgIpc) is 2.70. The number of fused-ring (bicyclic) bond motifs is 1. The number of hydrogen-bond donors (Lipinski definition) is 0. The minimum absolute atomic E-state index is 0.00287. The third kappa shape index (κ3) is 1.82. The molecule has 15 heavy (non-hydrogen) atoms. The summed E-state index contributed by atoms with van der Waals surface area (Å²) in [6, 6.07) is 2.01. The Kier molecular flexibility index (Phi) is 2.88. The zero-order valence-corrected chi connectivity index (χ0v) is 9.56. The molecule has 2 nitrogen and oxygen atoms in total. The predicted molar refractivity (Wildman–Crippen MR) is 60.1 cm³/mol. The van der Waals surface area contributed by atoms with Crippen LogP contribution >= 0.6 is 11.3 Å². The molecule has 0 aliphatic heterocycles. The lowest BCUT2D eigenvalue weighted by Gasteiger charge is -2.12. The first-order valence-electron chi connectivity index (χ1n) is 5.27. The molecular weight excluding hydrogens is 206 g/mol. The average molecular weight is 219 g/mol. The van der Waals surface area contributed by atoms with Crippen molar-refractivity contribution in [2.45, 2.75) is 32.6 Å². The fourth-order valence-electron chi connectivity index (χ4n) is 1.99. The fraction of sp³-hybridized carbons (Fsp3) is 0.500. The van der Waals surface area contributed by atoms with Crippen molar-refractivity contribution in [3.8, 4) is 6.07 Å². The van der Waals surface area contributed by atoms with Crippen molar-refractivity contribution in [2.75, 3.05) is 0 Å². The number of nitriles is 1. The maximum absolute atomic E-state index is 11.9. The van der Waals surface area contributed by atoms with Crippen LogP contribution in [0.4, 0.5) is 0 Å². The maximum atomic E-state index is 11.9. The van der Waals surface area contributed by atoms with Gasteiger partial charge in [-0.2, -0.15) is 5.26 Å². The molecule has 0 N–H and O–H groups in total. The van der Waals surface area contributed by atoms with Crippen LogP contribution < -0.4 is 0 Å². The van der Waals surface area contributed by atoms with Gasteiger partial charge in [0.25, 0.3) is 0 Å². The van der Waals surface area contributed by atoms with Gasteiger partial charge in [0.15, 0.2) is 5.78 Å². The molecule has 2 rings (SSSR count). The third-order valence-corrected chi connectivity index (χ3v) is 4.00. The Morgan fingerprint density at radius 3 is 3.00 bits per heavy atom. The minimum Gasteiger partial charge on any atom is -0.293 e. The minimum atomic E-state index is -0.509. The summed E-state index contributed by atoms with van der Waals surface area (Å²) in [6.07, 6.45) is 4.52. The van der Waals surface area contributed by atoms with E-state index in [4.69, 9.17) is 5.26 Å². The standard InChI is InChI=1S/C12H13NOS/c1-8(6-13)12(14)10-7-15-11-5-3-2-4-9(10)11/h7-8H,2-5H2,1H3. The van der Waals surface area contributed by atoms with Crippen molar-refractivity contribution in [2.24, 2.45) is 5.92 Å². The Labute approximate surface area is 93.5 Å². The number of hydrogen-bond acceptors (Lipinski definition) is 3. The molecule has 1 aromatic rings. The van der Waals surface area contributed by atoms with Crippen molar-refractivity contribution < 1.29 is 4.79 Å². The number of Topliss-reactive ketones (excluding diaryl/α,β-unsaturated/α-hetero) is 1. The summed E-state index contributed by atoms with van der Waals surface area (Å²) >= 11 is 1.68. The van der Waals surface area contributed by atoms with E-state index in [0.717, 1.165) is 18.4 Å². The van der Waals surface area contributed by atoms with Gasteiger partial charge < -0.3 is 0 Å². The normalized spacial score (nSPS) is 16.5. The fourth-order valence-corrected chi connectivity index (χ4v) is 3.13. The lowest BCUT2D eigenvalue weighted by molar-refractivity contribution is 0.0956. The topological polar surface area (TPSA) is 40.9 Å². The van der Waals surface area contributed by atoms with Gasteiger partial charge in [0, 0.05) is 15.8 Å². The van der Waals surface area contributed by atoms with Crippen LogP contribution in [-0.2, 0) is 12.8 Å². The number of thiophene rings is 1. The Morgan fingerprint density at radius 1 is 1.53 bits per heavy atom. The van der Waals surface area contributed by atoms with E-state index in [1.165, 1.54) is 23.3 Å². The van der Waals surface area contributed by atoms with E-state index in [2.05, 4.69) is 0 Å². The van der Waals surface area contributed by atoms with E-state index in [1.807, 2.05) is 11.4 Å². The van der Waals surface area contributed by atoms with Crippen LogP contribution in [0.25, 0.3) is 0 Å². The van der Waals surface area contributed by atoms with Crippen LogP contribution in [0.1, 0.15) is 40.6 Å². The molecule has 3 heteroatoms. The quantitative estimate of drug-likeness (QED) is 0.717. The lowest BCUT2D eigenvalue weighted by atomic mass is 9.91. The van der Waals surface area contributed by atoms with Gasteiger partial charge in [0.05, 0.1) is 6.07 Å². The molecule has 78 valence electrons. The molecule has 1 heterocycles. The van der Waals surface area contributed by atoms with Crippen molar-refractivity contribution in [3.63, 3.8) is 0 Å². The van der Waals surface area contributed by atoms with E-state index in [9.17, 15) is 4.79 Å². The Balaban J connectivity index is 2.34. The molecule has 0 bridgehead atoms. The smallest absolute Gasteiger partial charge is 0.180 e. The molecule has 1 atom stereocenters. The summed E-state index contributed by atoms with van der Waals surface area (Å²) in [5, 5.41) is 10.7. The van der Waals surface area contributed by atoms with Crippen molar-refractivity contribution in [3.05, 3.63) is 21.4 Å². The van der Waals surface area contributed by atoms with E-state index in [1.54, 1.807) is 18.3 Å². The predicted octanol–water partition coefficient (Wildman–Crippen LogP) is 2.97. The SMILES string of the molecule is CC(C#N)C(=O)c1csc2c1CCCC2. The van der Waals surface area contributed by atoms with Crippen molar-refractivity contribution >= 4 is 17.1 Å². The second kappa shape index (κ2) is 4.16. The third-order valence-electron chi connectivity index (χ3n) is 2.91. The van der Waals surface area contributed by atoms with Crippen LogP contribution in [0.3, 0.4) is 0 Å². The molecule has 1 aliphatic rings. The summed E-state index contributed by atoms with van der Waals surface area (Å²) in [4.78, 5) is 13.2. The Hall–Kier alpha value is -1.14. The summed E-state index contributed by atoms with van der Waals surface area (Å²) in [6.45, 7) is 1.68. The van der Waals surface area contributed by atoms with Gasteiger partial charge in [-0.05, 0) is 38.2 Å². The summed E-state index contributed by atoms with van der Waals surface area (Å²) in [5.41, 5.74) is 2.03. The molecule has 0 saturated heterocycles. The summed E-state index contributed by atoms with van der Waals surface area (Å²) in [5.74, 6) is -0.512. The molecular formula is C12H13NOS. The molecule has 1 aromatic heterocycles. The molecule has 0 spiro atoms.